The van der Waals surface area contributed by atoms with Crippen LogP contribution in [0.3, 0.4) is 0 Å². The molecular formula is C61H119NO4. The summed E-state index contributed by atoms with van der Waals surface area (Å²) in [6.45, 7) is 4.21. The van der Waals surface area contributed by atoms with Crippen molar-refractivity contribution >= 4 is 5.91 Å². The van der Waals surface area contributed by atoms with E-state index in [1.807, 2.05) is 0 Å². The van der Waals surface area contributed by atoms with Crippen LogP contribution in [-0.2, 0) is 4.79 Å². The van der Waals surface area contributed by atoms with Gasteiger partial charge in [-0.1, -0.05) is 301 Å². The van der Waals surface area contributed by atoms with Crippen LogP contribution in [0.25, 0.3) is 0 Å². The molecule has 0 saturated carbocycles. The summed E-state index contributed by atoms with van der Waals surface area (Å²) in [5.41, 5.74) is 0. The molecule has 4 N–H and O–H groups in total. The first kappa shape index (κ1) is 64.8. The normalized spacial score (nSPS) is 13.3. The molecule has 1 amide bonds. The van der Waals surface area contributed by atoms with Gasteiger partial charge in [-0.15, -0.1) is 0 Å². The first-order valence-electron chi connectivity index (χ1n) is 30.1. The fourth-order valence-corrected chi connectivity index (χ4v) is 9.65. The topological polar surface area (TPSA) is 89.8 Å². The Kier molecular flexibility index (Phi) is 55.4. The maximum Gasteiger partial charge on any atom is 0.220 e. The Balaban J connectivity index is 3.53. The minimum atomic E-state index is -1.17. The van der Waals surface area contributed by atoms with Crippen LogP contribution in [-0.4, -0.2) is 46.1 Å². The van der Waals surface area contributed by atoms with Gasteiger partial charge in [0, 0.05) is 6.42 Å². The van der Waals surface area contributed by atoms with Crippen molar-refractivity contribution in [2.24, 2.45) is 0 Å². The van der Waals surface area contributed by atoms with Gasteiger partial charge in [-0.3, -0.25) is 4.79 Å². The highest BCUT2D eigenvalue weighted by molar-refractivity contribution is 5.76. The van der Waals surface area contributed by atoms with E-state index in [0.29, 0.717) is 12.8 Å². The molecule has 0 rings (SSSR count). The largest absolute Gasteiger partial charge is 0.394 e. The highest BCUT2D eigenvalue weighted by Gasteiger charge is 2.26. The van der Waals surface area contributed by atoms with E-state index in [4.69, 9.17) is 0 Å². The van der Waals surface area contributed by atoms with Gasteiger partial charge in [-0.05, 0) is 51.4 Å². The zero-order valence-electron chi connectivity index (χ0n) is 44.9. The summed E-state index contributed by atoms with van der Waals surface area (Å²) in [5.74, 6) is -0.151. The third-order valence-corrected chi connectivity index (χ3v) is 14.3. The minimum Gasteiger partial charge on any atom is -0.394 e. The third kappa shape index (κ3) is 50.7. The molecule has 3 unspecified atom stereocenters. The van der Waals surface area contributed by atoms with Crippen LogP contribution in [0, 0.1) is 0 Å². The van der Waals surface area contributed by atoms with Gasteiger partial charge in [-0.25, -0.2) is 0 Å². The minimum absolute atomic E-state index is 0.151. The Morgan fingerprint density at radius 1 is 0.364 bits per heavy atom. The lowest BCUT2D eigenvalue weighted by Gasteiger charge is -2.26. The van der Waals surface area contributed by atoms with Gasteiger partial charge in [0.05, 0.1) is 18.8 Å². The Labute approximate surface area is 413 Å². The van der Waals surface area contributed by atoms with Crippen LogP contribution in [0.4, 0.5) is 0 Å². The molecule has 0 aliphatic heterocycles. The van der Waals surface area contributed by atoms with Gasteiger partial charge < -0.3 is 20.6 Å². The first-order chi connectivity index (χ1) is 32.6. The quantitative estimate of drug-likeness (QED) is 0.0361. The van der Waals surface area contributed by atoms with Crippen LogP contribution >= 0.6 is 0 Å². The molecule has 0 saturated heterocycles. The number of amides is 1. The predicted octanol–water partition coefficient (Wildman–Crippen LogP) is 18.8. The van der Waals surface area contributed by atoms with Gasteiger partial charge >= 0.3 is 0 Å². The lowest BCUT2D eigenvalue weighted by molar-refractivity contribution is -0.124. The number of aliphatic hydroxyl groups is 3. The molecule has 66 heavy (non-hydrogen) atoms. The molecule has 0 aromatic heterocycles. The predicted molar refractivity (Wildman–Crippen MR) is 292 cm³/mol. The zero-order valence-corrected chi connectivity index (χ0v) is 44.9. The number of allylic oxidation sites excluding steroid dienone is 4. The molecule has 0 aliphatic rings. The molecule has 0 fully saturated rings. The molecule has 0 spiro atoms. The van der Waals surface area contributed by atoms with Crippen molar-refractivity contribution in [1.82, 2.24) is 5.32 Å². The number of nitrogens with one attached hydrogen (secondary N) is 1. The summed E-state index contributed by atoms with van der Waals surface area (Å²) in [5, 5.41) is 33.8. The van der Waals surface area contributed by atoms with Crippen LogP contribution < -0.4 is 5.32 Å². The smallest absolute Gasteiger partial charge is 0.220 e. The number of hydrogen-bond donors (Lipinski definition) is 4. The Bertz CT molecular complexity index is 982. The number of carbonyl (C=O) groups is 1. The van der Waals surface area contributed by atoms with Crippen molar-refractivity contribution in [3.8, 4) is 0 Å². The van der Waals surface area contributed by atoms with Gasteiger partial charge in [0.1, 0.15) is 6.10 Å². The Hall–Kier alpha value is -1.17. The number of hydrogen-bond acceptors (Lipinski definition) is 4. The van der Waals surface area contributed by atoms with Gasteiger partial charge in [0.15, 0.2) is 0 Å². The maximum absolute atomic E-state index is 12.5. The Morgan fingerprint density at radius 2 is 0.621 bits per heavy atom. The molecule has 5 nitrogen and oxygen atoms in total. The molecule has 5 heteroatoms. The van der Waals surface area contributed by atoms with Crippen LogP contribution in [0.2, 0.25) is 0 Å². The van der Waals surface area contributed by atoms with E-state index in [1.165, 1.54) is 263 Å². The molecule has 0 radical (unpaired) electrons. The molecule has 3 atom stereocenters. The van der Waals surface area contributed by atoms with Crippen LogP contribution in [0.15, 0.2) is 24.3 Å². The number of rotatable bonds is 56. The average Bonchev–Trinajstić information content (AvgIpc) is 3.32. The first-order valence-corrected chi connectivity index (χ1v) is 30.1. The molecular weight excluding hydrogens is 811 g/mol. The molecule has 0 aromatic carbocycles. The maximum atomic E-state index is 12.5. The van der Waals surface area contributed by atoms with Crippen molar-refractivity contribution in [3.05, 3.63) is 24.3 Å². The van der Waals surface area contributed by atoms with E-state index >= 15 is 0 Å². The van der Waals surface area contributed by atoms with Crippen molar-refractivity contribution in [3.63, 3.8) is 0 Å². The average molecular weight is 931 g/mol. The standard InChI is InChI=1S/C61H119NO4/c1-3-5-7-9-11-13-15-17-19-21-23-25-27-28-29-30-31-32-33-34-36-38-40-42-44-46-48-50-52-54-56-60(65)62-58(57-63)61(66)59(64)55-53-51-49-47-45-43-41-39-37-35-26-24-22-20-18-16-14-12-10-8-6-4-2/h39,41,47,49,58-59,61,63-64,66H,3-38,40,42-46,48,50-57H2,1-2H3,(H,62,65)/b41-39+,49-47+. The monoisotopic (exact) mass is 930 g/mol. The van der Waals surface area contributed by atoms with E-state index in [9.17, 15) is 20.1 Å². The molecule has 392 valence electrons. The van der Waals surface area contributed by atoms with Crippen molar-refractivity contribution < 1.29 is 20.1 Å². The fourth-order valence-electron chi connectivity index (χ4n) is 9.65. The second-order valence-corrected chi connectivity index (χ2v) is 20.9. The number of aliphatic hydroxyl groups excluding tert-OH is 3. The summed E-state index contributed by atoms with van der Waals surface area (Å²) in [6, 6.07) is -0.830. The fraction of sp³-hybridized carbons (Fsp3) is 0.918. The second-order valence-electron chi connectivity index (χ2n) is 20.9. The van der Waals surface area contributed by atoms with Crippen molar-refractivity contribution in [2.75, 3.05) is 6.61 Å². The molecule has 0 heterocycles. The van der Waals surface area contributed by atoms with Crippen molar-refractivity contribution in [2.45, 2.75) is 353 Å². The SMILES string of the molecule is CCCCCCCCCCCCCCC/C=C/CC/C=C/CCCC(O)C(O)C(CO)NC(=O)CCCCCCCCCCCCCCCCCCCCCCCCCCCCCCCC. The van der Waals surface area contributed by atoms with Gasteiger partial charge in [-0.2, -0.15) is 0 Å². The molecule has 0 bridgehead atoms. The summed E-state index contributed by atoms with van der Waals surface area (Å²) in [4.78, 5) is 12.5. The lowest BCUT2D eigenvalue weighted by Crippen LogP contribution is -2.50. The van der Waals surface area contributed by atoms with E-state index < -0.39 is 18.2 Å². The number of carbonyl (C=O) groups excluding carboxylic acids is 1. The van der Waals surface area contributed by atoms with E-state index in [-0.39, 0.29) is 12.5 Å². The van der Waals surface area contributed by atoms with E-state index in [2.05, 4.69) is 43.5 Å². The summed E-state index contributed by atoms with van der Waals surface area (Å²) >= 11 is 0. The van der Waals surface area contributed by atoms with Crippen molar-refractivity contribution in [1.29, 1.82) is 0 Å². The third-order valence-electron chi connectivity index (χ3n) is 14.3. The summed E-state index contributed by atoms with van der Waals surface area (Å²) in [7, 11) is 0. The summed E-state index contributed by atoms with van der Waals surface area (Å²) < 4.78 is 0. The van der Waals surface area contributed by atoms with Crippen LogP contribution in [0.1, 0.15) is 335 Å². The van der Waals surface area contributed by atoms with E-state index in [0.717, 1.165) is 44.9 Å². The van der Waals surface area contributed by atoms with Gasteiger partial charge in [0.2, 0.25) is 5.91 Å². The Morgan fingerprint density at radius 3 is 0.924 bits per heavy atom. The van der Waals surface area contributed by atoms with E-state index in [1.54, 1.807) is 0 Å². The highest BCUT2D eigenvalue weighted by atomic mass is 16.3. The lowest BCUT2D eigenvalue weighted by atomic mass is 10.0. The molecule has 0 aliphatic carbocycles. The second kappa shape index (κ2) is 56.4. The summed E-state index contributed by atoms with van der Waals surface area (Å²) in [6.07, 6.45) is 72.1. The van der Waals surface area contributed by atoms with Crippen LogP contribution in [0.5, 0.6) is 0 Å². The highest BCUT2D eigenvalue weighted by Crippen LogP contribution is 2.18. The van der Waals surface area contributed by atoms with Gasteiger partial charge in [0.25, 0.3) is 0 Å². The zero-order chi connectivity index (χ0) is 47.9. The molecule has 0 aromatic rings. The number of unbranched alkanes of at least 4 members (excludes halogenated alkanes) is 44.